The molecule has 0 spiro atoms. The summed E-state index contributed by atoms with van der Waals surface area (Å²) >= 11 is 1.48. The molecular weight excluding hydrogens is 260 g/mol. The van der Waals surface area contributed by atoms with Gasteiger partial charge in [0.2, 0.25) is 0 Å². The lowest BCUT2D eigenvalue weighted by atomic mass is 10.2. The van der Waals surface area contributed by atoms with Gasteiger partial charge in [0.05, 0.1) is 7.11 Å². The lowest BCUT2D eigenvalue weighted by molar-refractivity contribution is 0.0957. The number of ether oxygens (including phenoxy) is 1. The normalized spacial score (nSPS) is 9.58. The Labute approximate surface area is 120 Å². The first kappa shape index (κ1) is 17.9. The predicted molar refractivity (Wildman–Crippen MR) is 82.6 cm³/mol. The minimum Gasteiger partial charge on any atom is -0.495 e. The molecule has 0 saturated carbocycles. The van der Waals surface area contributed by atoms with Crippen molar-refractivity contribution in [2.45, 2.75) is 34.6 Å². The van der Waals surface area contributed by atoms with Crippen LogP contribution in [0.15, 0.2) is 0 Å². The standard InChI is InChI=1S/C10H15NO2S.C4H11N/c1-5-11-10(12)9-8(13-4)6(2)7(3)14-9;1-3-5-4-2/h5H2,1-4H3,(H,11,12);5H,3-4H2,1-2H3. The first-order valence-corrected chi connectivity index (χ1v) is 7.47. The minimum absolute atomic E-state index is 0.0504. The molecule has 1 rings (SSSR count). The third kappa shape index (κ3) is 5.61. The van der Waals surface area contributed by atoms with E-state index in [4.69, 9.17) is 4.74 Å². The Balaban J connectivity index is 0.000000555. The molecule has 0 unspecified atom stereocenters. The van der Waals surface area contributed by atoms with Gasteiger partial charge in [-0.3, -0.25) is 4.79 Å². The van der Waals surface area contributed by atoms with Gasteiger partial charge in [-0.2, -0.15) is 0 Å². The summed E-state index contributed by atoms with van der Waals surface area (Å²) in [6, 6.07) is 0. The fourth-order valence-electron chi connectivity index (χ4n) is 1.49. The monoisotopic (exact) mass is 286 g/mol. The zero-order valence-electron chi connectivity index (χ0n) is 12.8. The molecule has 1 aromatic heterocycles. The molecule has 2 N–H and O–H groups in total. The van der Waals surface area contributed by atoms with Crippen molar-refractivity contribution in [1.29, 1.82) is 0 Å². The van der Waals surface area contributed by atoms with Gasteiger partial charge in [-0.05, 0) is 33.9 Å². The largest absolute Gasteiger partial charge is 0.495 e. The summed E-state index contributed by atoms with van der Waals surface area (Å²) in [6.07, 6.45) is 0. The van der Waals surface area contributed by atoms with Crippen LogP contribution in [0.5, 0.6) is 5.75 Å². The highest BCUT2D eigenvalue weighted by Crippen LogP contribution is 2.33. The SMILES string of the molecule is CCNC(=O)c1sc(C)c(C)c1OC.CCNCC. The minimum atomic E-state index is -0.0504. The van der Waals surface area contributed by atoms with E-state index in [1.165, 1.54) is 11.3 Å². The topological polar surface area (TPSA) is 50.4 Å². The van der Waals surface area contributed by atoms with E-state index in [0.29, 0.717) is 17.2 Å². The zero-order valence-corrected chi connectivity index (χ0v) is 13.7. The van der Waals surface area contributed by atoms with Crippen LogP contribution in [-0.2, 0) is 0 Å². The summed E-state index contributed by atoms with van der Waals surface area (Å²) in [5.74, 6) is 0.656. The highest BCUT2D eigenvalue weighted by molar-refractivity contribution is 7.14. The van der Waals surface area contributed by atoms with Crippen LogP contribution < -0.4 is 15.4 Å². The number of carbonyl (C=O) groups excluding carboxylic acids is 1. The van der Waals surface area contributed by atoms with Crippen LogP contribution in [0.1, 0.15) is 40.9 Å². The quantitative estimate of drug-likeness (QED) is 0.875. The number of hydrogen-bond acceptors (Lipinski definition) is 4. The van der Waals surface area contributed by atoms with Crippen LogP contribution in [0.4, 0.5) is 0 Å². The third-order valence-corrected chi connectivity index (χ3v) is 3.77. The van der Waals surface area contributed by atoms with Gasteiger partial charge in [0.15, 0.2) is 0 Å². The average Bonchev–Trinajstić information content (AvgIpc) is 2.67. The van der Waals surface area contributed by atoms with Gasteiger partial charge in [-0.1, -0.05) is 13.8 Å². The Morgan fingerprint density at radius 2 is 1.74 bits per heavy atom. The first-order chi connectivity index (χ1) is 9.03. The molecule has 0 radical (unpaired) electrons. The van der Waals surface area contributed by atoms with Crippen LogP contribution in [0.2, 0.25) is 0 Å². The summed E-state index contributed by atoms with van der Waals surface area (Å²) in [5, 5.41) is 5.88. The van der Waals surface area contributed by atoms with Gasteiger partial charge in [0, 0.05) is 17.0 Å². The van der Waals surface area contributed by atoms with E-state index in [1.54, 1.807) is 7.11 Å². The van der Waals surface area contributed by atoms with Crippen LogP contribution >= 0.6 is 11.3 Å². The molecule has 0 fully saturated rings. The fourth-order valence-corrected chi connectivity index (χ4v) is 2.54. The number of aryl methyl sites for hydroxylation is 1. The number of amides is 1. The lowest BCUT2D eigenvalue weighted by Gasteiger charge is -2.03. The van der Waals surface area contributed by atoms with Crippen LogP contribution in [0.3, 0.4) is 0 Å². The second kappa shape index (κ2) is 9.81. The Hall–Kier alpha value is -1.07. The molecule has 110 valence electrons. The van der Waals surface area contributed by atoms with Crippen LogP contribution in [0.25, 0.3) is 0 Å². The number of thiophene rings is 1. The van der Waals surface area contributed by atoms with E-state index in [1.807, 2.05) is 20.8 Å². The number of methoxy groups -OCH3 is 1. The Morgan fingerprint density at radius 1 is 1.16 bits per heavy atom. The number of hydrogen-bond donors (Lipinski definition) is 2. The van der Waals surface area contributed by atoms with Crippen molar-refractivity contribution >= 4 is 17.2 Å². The molecule has 5 heteroatoms. The fraction of sp³-hybridized carbons (Fsp3) is 0.643. The van der Waals surface area contributed by atoms with Gasteiger partial charge < -0.3 is 15.4 Å². The van der Waals surface area contributed by atoms with Crippen LogP contribution in [0, 0.1) is 13.8 Å². The smallest absolute Gasteiger partial charge is 0.265 e. The second-order valence-corrected chi connectivity index (χ2v) is 5.19. The molecule has 1 aromatic rings. The number of rotatable bonds is 5. The average molecular weight is 286 g/mol. The Bertz CT molecular complexity index is 387. The van der Waals surface area contributed by atoms with E-state index in [9.17, 15) is 4.79 Å². The van der Waals surface area contributed by atoms with Crippen molar-refractivity contribution in [3.8, 4) is 5.75 Å². The highest BCUT2D eigenvalue weighted by Gasteiger charge is 2.18. The number of carbonyl (C=O) groups is 1. The summed E-state index contributed by atoms with van der Waals surface area (Å²) in [6.45, 7) is 12.9. The van der Waals surface area contributed by atoms with E-state index in [0.717, 1.165) is 23.5 Å². The second-order valence-electron chi connectivity index (χ2n) is 3.96. The van der Waals surface area contributed by atoms with E-state index in [-0.39, 0.29) is 5.91 Å². The molecule has 0 aliphatic heterocycles. The molecule has 19 heavy (non-hydrogen) atoms. The van der Waals surface area contributed by atoms with Crippen LogP contribution in [-0.4, -0.2) is 32.7 Å². The zero-order chi connectivity index (χ0) is 14.8. The van der Waals surface area contributed by atoms with Gasteiger partial charge in [-0.15, -0.1) is 11.3 Å². The molecule has 0 saturated heterocycles. The maximum Gasteiger partial charge on any atom is 0.265 e. The first-order valence-electron chi connectivity index (χ1n) is 6.66. The summed E-state index contributed by atoms with van der Waals surface area (Å²) in [4.78, 5) is 13.4. The molecule has 0 aliphatic carbocycles. The lowest BCUT2D eigenvalue weighted by Crippen LogP contribution is -2.22. The summed E-state index contributed by atoms with van der Waals surface area (Å²) in [7, 11) is 1.59. The Kier molecular flexibility index (Phi) is 9.26. The summed E-state index contributed by atoms with van der Waals surface area (Å²) < 4.78 is 5.21. The molecule has 0 atom stereocenters. The highest BCUT2D eigenvalue weighted by atomic mass is 32.1. The van der Waals surface area contributed by atoms with Crippen molar-refractivity contribution in [1.82, 2.24) is 10.6 Å². The van der Waals surface area contributed by atoms with Crippen molar-refractivity contribution in [2.24, 2.45) is 0 Å². The maximum atomic E-state index is 11.6. The predicted octanol–water partition coefficient (Wildman–Crippen LogP) is 2.74. The molecule has 1 heterocycles. The maximum absolute atomic E-state index is 11.6. The third-order valence-electron chi connectivity index (χ3n) is 2.58. The molecule has 0 bridgehead atoms. The number of nitrogens with one attached hydrogen (secondary N) is 2. The van der Waals surface area contributed by atoms with Crippen molar-refractivity contribution in [3.63, 3.8) is 0 Å². The van der Waals surface area contributed by atoms with E-state index < -0.39 is 0 Å². The Morgan fingerprint density at radius 3 is 2.11 bits per heavy atom. The molecule has 0 aliphatic rings. The van der Waals surface area contributed by atoms with Crippen molar-refractivity contribution in [2.75, 3.05) is 26.7 Å². The molecule has 0 aromatic carbocycles. The molecule has 4 nitrogen and oxygen atoms in total. The van der Waals surface area contributed by atoms with Gasteiger partial charge in [0.1, 0.15) is 10.6 Å². The van der Waals surface area contributed by atoms with E-state index in [2.05, 4.69) is 24.5 Å². The van der Waals surface area contributed by atoms with Crippen molar-refractivity contribution in [3.05, 3.63) is 15.3 Å². The van der Waals surface area contributed by atoms with Gasteiger partial charge in [-0.25, -0.2) is 0 Å². The molecule has 1 amide bonds. The van der Waals surface area contributed by atoms with Gasteiger partial charge in [0.25, 0.3) is 5.91 Å². The van der Waals surface area contributed by atoms with Gasteiger partial charge >= 0.3 is 0 Å². The molecular formula is C14H26N2O2S. The van der Waals surface area contributed by atoms with E-state index >= 15 is 0 Å². The summed E-state index contributed by atoms with van der Waals surface area (Å²) in [5.41, 5.74) is 1.05. The van der Waals surface area contributed by atoms with Crippen molar-refractivity contribution < 1.29 is 9.53 Å².